The number of carbonyl (C=O) groups excluding carboxylic acids is 4. The molecule has 0 fully saturated rings. The van der Waals surface area contributed by atoms with Gasteiger partial charge in [0.05, 0.1) is 12.2 Å². The predicted octanol–water partition coefficient (Wildman–Crippen LogP) is 0.811. The molecule has 1 aromatic rings. The Kier molecular flexibility index (Phi) is 6.97. The quantitative estimate of drug-likeness (QED) is 0.658. The number of urea groups is 1. The summed E-state index contributed by atoms with van der Waals surface area (Å²) in [5, 5.41) is 4.37. The first-order chi connectivity index (χ1) is 11.3. The number of H-pyrrole nitrogens is 1. The number of hydrogen-bond donors (Lipinski definition) is 3. The number of hydrogen-bond acceptors (Lipinski definition) is 6. The third-order valence-electron chi connectivity index (χ3n) is 3.05. The van der Waals surface area contributed by atoms with Crippen LogP contribution in [0.4, 0.5) is 4.79 Å². The molecule has 0 aliphatic carbocycles. The van der Waals surface area contributed by atoms with Crippen LogP contribution in [-0.2, 0) is 14.3 Å². The summed E-state index contributed by atoms with van der Waals surface area (Å²) in [5.41, 5.74) is 1.15. The minimum atomic E-state index is -0.808. The Balaban J connectivity index is 2.72. The molecule has 0 bridgehead atoms. The Morgan fingerprint density at radius 1 is 1.04 bits per heavy atom. The number of esters is 2. The van der Waals surface area contributed by atoms with E-state index in [9.17, 15) is 19.2 Å². The highest BCUT2D eigenvalue weighted by Crippen LogP contribution is 2.19. The largest absolute Gasteiger partial charge is 0.462 e. The third kappa shape index (κ3) is 4.83. The molecule has 0 saturated carbocycles. The second-order valence-corrected chi connectivity index (χ2v) is 4.83. The van der Waals surface area contributed by atoms with Crippen LogP contribution in [0, 0.1) is 13.8 Å². The van der Waals surface area contributed by atoms with Crippen molar-refractivity contribution in [3.63, 3.8) is 0 Å². The smallest absolute Gasteiger partial charge is 0.355 e. The molecule has 9 heteroatoms. The minimum Gasteiger partial charge on any atom is -0.462 e. The van der Waals surface area contributed by atoms with Crippen molar-refractivity contribution in [2.24, 2.45) is 0 Å². The van der Waals surface area contributed by atoms with Gasteiger partial charge in [0.15, 0.2) is 6.61 Å². The topological polar surface area (TPSA) is 127 Å². The molecule has 0 aromatic carbocycles. The molecule has 0 aliphatic rings. The normalized spacial score (nSPS) is 10.0. The van der Waals surface area contributed by atoms with Gasteiger partial charge in [0.25, 0.3) is 5.91 Å². The highest BCUT2D eigenvalue weighted by molar-refractivity contribution is 6.00. The van der Waals surface area contributed by atoms with E-state index in [1.54, 1.807) is 27.7 Å². The number of imide groups is 1. The molecule has 3 amide bonds. The van der Waals surface area contributed by atoms with Crippen LogP contribution in [0.3, 0.4) is 0 Å². The van der Waals surface area contributed by atoms with Crippen LogP contribution in [0.25, 0.3) is 0 Å². The Bertz CT molecular complexity index is 650. The van der Waals surface area contributed by atoms with E-state index in [1.165, 1.54) is 0 Å². The summed E-state index contributed by atoms with van der Waals surface area (Å²) < 4.78 is 9.77. The Labute approximate surface area is 139 Å². The highest BCUT2D eigenvalue weighted by Gasteiger charge is 2.24. The minimum absolute atomic E-state index is 0.0568. The van der Waals surface area contributed by atoms with Gasteiger partial charge in [0, 0.05) is 12.2 Å². The van der Waals surface area contributed by atoms with Crippen molar-refractivity contribution in [2.45, 2.75) is 27.7 Å². The first-order valence-electron chi connectivity index (χ1n) is 7.42. The summed E-state index contributed by atoms with van der Waals surface area (Å²) in [7, 11) is 0. The van der Waals surface area contributed by atoms with Crippen molar-refractivity contribution < 1.29 is 28.7 Å². The fourth-order valence-corrected chi connectivity index (χ4v) is 2.03. The molecule has 0 aliphatic heterocycles. The van der Waals surface area contributed by atoms with E-state index in [0.29, 0.717) is 17.8 Å². The molecule has 0 radical (unpaired) electrons. The molecule has 24 heavy (non-hydrogen) atoms. The van der Waals surface area contributed by atoms with Gasteiger partial charge >= 0.3 is 18.0 Å². The zero-order valence-corrected chi connectivity index (χ0v) is 14.1. The zero-order chi connectivity index (χ0) is 18.3. The maximum Gasteiger partial charge on any atom is 0.355 e. The number of ether oxygens (including phenoxy) is 2. The lowest BCUT2D eigenvalue weighted by Crippen LogP contribution is -2.41. The second-order valence-electron chi connectivity index (χ2n) is 4.83. The summed E-state index contributed by atoms with van der Waals surface area (Å²) >= 11 is 0. The van der Waals surface area contributed by atoms with E-state index in [-0.39, 0.29) is 17.9 Å². The molecular formula is C15H21N3O6. The van der Waals surface area contributed by atoms with Crippen molar-refractivity contribution in [3.8, 4) is 0 Å². The molecule has 1 rings (SSSR count). The first-order valence-corrected chi connectivity index (χ1v) is 7.42. The average Bonchev–Trinajstić information content (AvgIpc) is 2.80. The van der Waals surface area contributed by atoms with Gasteiger partial charge in [-0.15, -0.1) is 0 Å². The summed E-state index contributed by atoms with van der Waals surface area (Å²) in [6.07, 6.45) is 0. The molecular weight excluding hydrogens is 318 g/mol. The lowest BCUT2D eigenvalue weighted by molar-refractivity contribution is -0.123. The summed E-state index contributed by atoms with van der Waals surface area (Å²) in [4.78, 5) is 49.3. The SMILES string of the molecule is CCNC(=O)NC(=O)COC(=O)c1[nH]c(C)c(C(=O)OCC)c1C. The van der Waals surface area contributed by atoms with Crippen LogP contribution < -0.4 is 10.6 Å². The van der Waals surface area contributed by atoms with E-state index >= 15 is 0 Å². The van der Waals surface area contributed by atoms with Crippen LogP contribution in [0.2, 0.25) is 0 Å². The van der Waals surface area contributed by atoms with Crippen molar-refractivity contribution in [3.05, 3.63) is 22.5 Å². The van der Waals surface area contributed by atoms with E-state index in [1.807, 2.05) is 5.32 Å². The maximum absolute atomic E-state index is 12.0. The molecule has 1 aromatic heterocycles. The summed E-state index contributed by atoms with van der Waals surface area (Å²) in [6.45, 7) is 6.51. The van der Waals surface area contributed by atoms with Gasteiger partial charge in [-0.05, 0) is 33.3 Å². The number of amides is 3. The molecule has 0 atom stereocenters. The van der Waals surface area contributed by atoms with Crippen LogP contribution in [0.15, 0.2) is 0 Å². The standard InChI is InChI=1S/C15H21N3O6/c1-5-16-15(22)18-10(19)7-24-14(21)12-8(3)11(9(4)17-12)13(20)23-6-2/h17H,5-7H2,1-4H3,(H2,16,18,19,22). The van der Waals surface area contributed by atoms with Gasteiger partial charge in [-0.25, -0.2) is 14.4 Å². The van der Waals surface area contributed by atoms with E-state index in [2.05, 4.69) is 10.3 Å². The van der Waals surface area contributed by atoms with Gasteiger partial charge in [-0.3, -0.25) is 10.1 Å². The van der Waals surface area contributed by atoms with Gasteiger partial charge in [0.2, 0.25) is 0 Å². The molecule has 0 spiro atoms. The van der Waals surface area contributed by atoms with Crippen LogP contribution in [0.5, 0.6) is 0 Å². The lowest BCUT2D eigenvalue weighted by Gasteiger charge is -2.06. The van der Waals surface area contributed by atoms with E-state index < -0.39 is 30.5 Å². The molecule has 0 saturated heterocycles. The van der Waals surface area contributed by atoms with Gasteiger partial charge < -0.3 is 19.8 Å². The molecule has 0 unspecified atom stereocenters. The Morgan fingerprint density at radius 2 is 1.71 bits per heavy atom. The van der Waals surface area contributed by atoms with E-state index in [0.717, 1.165) is 0 Å². The molecule has 132 valence electrons. The van der Waals surface area contributed by atoms with E-state index in [4.69, 9.17) is 9.47 Å². The number of rotatable bonds is 6. The molecule has 9 nitrogen and oxygen atoms in total. The predicted molar refractivity (Wildman–Crippen MR) is 83.7 cm³/mol. The molecule has 3 N–H and O–H groups in total. The van der Waals surface area contributed by atoms with Crippen LogP contribution in [0.1, 0.15) is 46.0 Å². The first kappa shape index (κ1) is 19.2. The number of carbonyl (C=O) groups is 4. The summed E-state index contributed by atoms with van der Waals surface area (Å²) in [6, 6.07) is -0.671. The fourth-order valence-electron chi connectivity index (χ4n) is 2.03. The maximum atomic E-state index is 12.0. The lowest BCUT2D eigenvalue weighted by atomic mass is 10.1. The van der Waals surface area contributed by atoms with Gasteiger partial charge in [0.1, 0.15) is 5.69 Å². The summed E-state index contributed by atoms with van der Waals surface area (Å²) in [5.74, 6) is -2.12. The average molecular weight is 339 g/mol. The van der Waals surface area contributed by atoms with Gasteiger partial charge in [-0.2, -0.15) is 0 Å². The van der Waals surface area contributed by atoms with Crippen molar-refractivity contribution in [1.29, 1.82) is 0 Å². The van der Waals surface area contributed by atoms with Crippen LogP contribution in [-0.4, -0.2) is 48.6 Å². The Hall–Kier alpha value is -2.84. The third-order valence-corrected chi connectivity index (χ3v) is 3.05. The van der Waals surface area contributed by atoms with Crippen molar-refractivity contribution in [1.82, 2.24) is 15.6 Å². The number of aryl methyl sites for hydroxylation is 1. The fraction of sp³-hybridized carbons (Fsp3) is 0.467. The highest BCUT2D eigenvalue weighted by atomic mass is 16.5. The number of nitrogens with one attached hydrogen (secondary N) is 3. The second kappa shape index (κ2) is 8.70. The monoisotopic (exact) mass is 339 g/mol. The van der Waals surface area contributed by atoms with Crippen LogP contribution >= 0.6 is 0 Å². The Morgan fingerprint density at radius 3 is 2.29 bits per heavy atom. The number of aromatic nitrogens is 1. The zero-order valence-electron chi connectivity index (χ0n) is 14.1. The van der Waals surface area contributed by atoms with Crippen molar-refractivity contribution in [2.75, 3.05) is 19.8 Å². The molecule has 1 heterocycles. The number of aromatic amines is 1. The van der Waals surface area contributed by atoms with Crippen molar-refractivity contribution >= 4 is 23.9 Å². The van der Waals surface area contributed by atoms with Gasteiger partial charge in [-0.1, -0.05) is 0 Å².